The summed E-state index contributed by atoms with van der Waals surface area (Å²) in [5, 5.41) is 8.68. The third-order valence-electron chi connectivity index (χ3n) is 1.77. The first-order valence-corrected chi connectivity index (χ1v) is 4.27. The molecule has 0 heterocycles. The Kier molecular flexibility index (Phi) is 3.58. The maximum atomic E-state index is 12.6. The van der Waals surface area contributed by atoms with Crippen LogP contribution >= 0.6 is 0 Å². The van der Waals surface area contributed by atoms with E-state index in [0.29, 0.717) is 0 Å². The molecule has 1 amide bonds. The van der Waals surface area contributed by atoms with Gasteiger partial charge >= 0.3 is 0 Å². The van der Waals surface area contributed by atoms with Crippen LogP contribution in [-0.4, -0.2) is 17.4 Å². The van der Waals surface area contributed by atoms with E-state index in [-0.39, 0.29) is 12.1 Å². The number of benzene rings is 1. The Bertz CT molecular complexity index is 406. The van der Waals surface area contributed by atoms with Gasteiger partial charge in [0.05, 0.1) is 6.54 Å². The van der Waals surface area contributed by atoms with E-state index < -0.39 is 11.7 Å². The lowest BCUT2D eigenvalue weighted by Crippen LogP contribution is -2.26. The molecule has 4 heteroatoms. The number of nitriles is 1. The highest BCUT2D eigenvalue weighted by Gasteiger charge is 2.13. The van der Waals surface area contributed by atoms with Crippen LogP contribution in [0.3, 0.4) is 0 Å². The molecule has 1 aromatic carbocycles. The summed E-state index contributed by atoms with van der Waals surface area (Å²) in [6, 6.07) is 5.03. The lowest BCUT2D eigenvalue weighted by Gasteiger charge is -2.10. The SMILES string of the molecule is C=CCN(C#N)C(=O)c1ccc(F)cc1. The van der Waals surface area contributed by atoms with Gasteiger partial charge in [-0.25, -0.2) is 9.29 Å². The van der Waals surface area contributed by atoms with Crippen molar-refractivity contribution in [2.24, 2.45) is 0 Å². The standard InChI is InChI=1S/C11H9FN2O/c1-2-7-14(8-13)11(15)9-3-5-10(12)6-4-9/h2-6H,1,7H2. The fourth-order valence-electron chi connectivity index (χ4n) is 1.05. The van der Waals surface area contributed by atoms with Crippen LogP contribution in [0.4, 0.5) is 4.39 Å². The summed E-state index contributed by atoms with van der Waals surface area (Å²) >= 11 is 0. The van der Waals surface area contributed by atoms with Crippen molar-refractivity contribution in [2.45, 2.75) is 0 Å². The summed E-state index contributed by atoms with van der Waals surface area (Å²) in [5.74, 6) is -0.879. The van der Waals surface area contributed by atoms with Crippen molar-refractivity contribution < 1.29 is 9.18 Å². The van der Waals surface area contributed by atoms with Gasteiger partial charge in [0.15, 0.2) is 6.19 Å². The largest absolute Gasteiger partial charge is 0.268 e. The van der Waals surface area contributed by atoms with Gasteiger partial charge < -0.3 is 0 Å². The Morgan fingerprint density at radius 3 is 2.60 bits per heavy atom. The first-order valence-electron chi connectivity index (χ1n) is 4.27. The molecule has 0 radical (unpaired) electrons. The molecule has 0 N–H and O–H groups in total. The highest BCUT2D eigenvalue weighted by Crippen LogP contribution is 2.06. The monoisotopic (exact) mass is 204 g/mol. The number of amides is 1. The quantitative estimate of drug-likeness (QED) is 0.429. The van der Waals surface area contributed by atoms with E-state index >= 15 is 0 Å². The molecule has 0 fully saturated rings. The van der Waals surface area contributed by atoms with Gasteiger partial charge in [-0.3, -0.25) is 4.79 Å². The minimum Gasteiger partial charge on any atom is -0.268 e. The molecule has 0 bridgehead atoms. The summed E-state index contributed by atoms with van der Waals surface area (Å²) in [6.07, 6.45) is 3.18. The number of hydrogen-bond acceptors (Lipinski definition) is 2. The van der Waals surface area contributed by atoms with E-state index in [1.54, 1.807) is 6.19 Å². The highest BCUT2D eigenvalue weighted by atomic mass is 19.1. The van der Waals surface area contributed by atoms with E-state index in [2.05, 4.69) is 6.58 Å². The Morgan fingerprint density at radius 1 is 1.53 bits per heavy atom. The van der Waals surface area contributed by atoms with Gasteiger partial charge in [-0.2, -0.15) is 5.26 Å². The maximum Gasteiger partial charge on any atom is 0.267 e. The fraction of sp³-hybridized carbons (Fsp3) is 0.0909. The van der Waals surface area contributed by atoms with Crippen molar-refractivity contribution in [2.75, 3.05) is 6.54 Å². The molecule has 0 aliphatic carbocycles. The van der Waals surface area contributed by atoms with E-state index in [4.69, 9.17) is 5.26 Å². The van der Waals surface area contributed by atoms with Gasteiger partial charge in [-0.1, -0.05) is 6.08 Å². The molecule has 0 aliphatic rings. The van der Waals surface area contributed by atoms with Crippen molar-refractivity contribution in [1.82, 2.24) is 4.90 Å². The first-order chi connectivity index (χ1) is 7.19. The third kappa shape index (κ3) is 2.64. The summed E-state index contributed by atoms with van der Waals surface area (Å²) in [6.45, 7) is 3.58. The van der Waals surface area contributed by atoms with Crippen molar-refractivity contribution >= 4 is 5.91 Å². The molecular formula is C11H9FN2O. The predicted octanol–water partition coefficient (Wildman–Crippen LogP) is 1.93. The van der Waals surface area contributed by atoms with Crippen LogP contribution in [0.1, 0.15) is 10.4 Å². The van der Waals surface area contributed by atoms with Crippen molar-refractivity contribution in [3.8, 4) is 6.19 Å². The van der Waals surface area contributed by atoms with Crippen LogP contribution in [-0.2, 0) is 0 Å². The molecule has 0 saturated carbocycles. The van der Waals surface area contributed by atoms with Crippen LogP contribution in [0, 0.1) is 17.3 Å². The molecule has 15 heavy (non-hydrogen) atoms. The van der Waals surface area contributed by atoms with Crippen molar-refractivity contribution in [3.05, 3.63) is 48.3 Å². The number of halogens is 1. The molecule has 1 rings (SSSR count). The maximum absolute atomic E-state index is 12.6. The van der Waals surface area contributed by atoms with E-state index in [9.17, 15) is 9.18 Å². The second-order valence-corrected chi connectivity index (χ2v) is 2.81. The second-order valence-electron chi connectivity index (χ2n) is 2.81. The molecule has 0 atom stereocenters. The Morgan fingerprint density at radius 2 is 2.13 bits per heavy atom. The van der Waals surface area contributed by atoms with Crippen LogP contribution in [0.15, 0.2) is 36.9 Å². The molecule has 0 spiro atoms. The second kappa shape index (κ2) is 4.91. The van der Waals surface area contributed by atoms with Crippen LogP contribution in [0.5, 0.6) is 0 Å². The summed E-state index contributed by atoms with van der Waals surface area (Å²) in [4.78, 5) is 12.6. The highest BCUT2D eigenvalue weighted by molar-refractivity contribution is 5.95. The van der Waals surface area contributed by atoms with Gasteiger partial charge in [0.25, 0.3) is 5.91 Å². The lowest BCUT2D eigenvalue weighted by atomic mass is 10.2. The minimum atomic E-state index is -0.461. The van der Waals surface area contributed by atoms with E-state index in [1.807, 2.05) is 0 Å². The number of hydrogen-bond donors (Lipinski definition) is 0. The summed E-state index contributed by atoms with van der Waals surface area (Å²) < 4.78 is 12.6. The normalized spacial score (nSPS) is 9.07. The molecule has 3 nitrogen and oxygen atoms in total. The van der Waals surface area contributed by atoms with Crippen LogP contribution in [0.2, 0.25) is 0 Å². The van der Waals surface area contributed by atoms with Gasteiger partial charge in [0, 0.05) is 5.56 Å². The van der Waals surface area contributed by atoms with Crippen LogP contribution < -0.4 is 0 Å². The van der Waals surface area contributed by atoms with Crippen molar-refractivity contribution in [3.63, 3.8) is 0 Å². The minimum absolute atomic E-state index is 0.146. The lowest BCUT2D eigenvalue weighted by molar-refractivity contribution is 0.0844. The smallest absolute Gasteiger partial charge is 0.267 e. The fourth-order valence-corrected chi connectivity index (χ4v) is 1.05. The van der Waals surface area contributed by atoms with Gasteiger partial charge in [0.1, 0.15) is 5.82 Å². The third-order valence-corrected chi connectivity index (χ3v) is 1.77. The molecule has 0 aromatic heterocycles. The zero-order chi connectivity index (χ0) is 11.3. The summed E-state index contributed by atoms with van der Waals surface area (Å²) in [5.41, 5.74) is 0.278. The number of carbonyl (C=O) groups excluding carboxylic acids is 1. The zero-order valence-electron chi connectivity index (χ0n) is 7.98. The number of rotatable bonds is 3. The van der Waals surface area contributed by atoms with Gasteiger partial charge in [-0.05, 0) is 24.3 Å². The molecular weight excluding hydrogens is 195 g/mol. The predicted molar refractivity (Wildman–Crippen MR) is 53.2 cm³/mol. The Labute approximate surface area is 87.0 Å². The van der Waals surface area contributed by atoms with E-state index in [1.165, 1.54) is 30.3 Å². The van der Waals surface area contributed by atoms with Gasteiger partial charge in [0.2, 0.25) is 0 Å². The Hall–Kier alpha value is -2.15. The summed E-state index contributed by atoms with van der Waals surface area (Å²) in [7, 11) is 0. The first kappa shape index (κ1) is 10.9. The molecule has 0 saturated heterocycles. The zero-order valence-corrected chi connectivity index (χ0v) is 7.98. The molecule has 0 aliphatic heterocycles. The molecule has 76 valence electrons. The topological polar surface area (TPSA) is 44.1 Å². The van der Waals surface area contributed by atoms with Crippen LogP contribution in [0.25, 0.3) is 0 Å². The van der Waals surface area contributed by atoms with Crippen molar-refractivity contribution in [1.29, 1.82) is 5.26 Å². The van der Waals surface area contributed by atoms with Gasteiger partial charge in [-0.15, -0.1) is 6.58 Å². The number of nitrogens with zero attached hydrogens (tertiary/aromatic N) is 2. The molecule has 1 aromatic rings. The Balaban J connectivity index is 2.88. The van der Waals surface area contributed by atoms with E-state index in [0.717, 1.165) is 4.90 Å². The average molecular weight is 204 g/mol. The average Bonchev–Trinajstić information content (AvgIpc) is 2.26. The molecule has 0 unspecified atom stereocenters. The number of carbonyl (C=O) groups is 1.